The van der Waals surface area contributed by atoms with Gasteiger partial charge in [0.2, 0.25) is 15.9 Å². The number of aromatic nitrogens is 2. The molecular formula is C20H20ClFN4O4S. The van der Waals surface area contributed by atoms with E-state index in [1.807, 2.05) is 0 Å². The van der Waals surface area contributed by atoms with Gasteiger partial charge in [0.15, 0.2) is 0 Å². The molecule has 1 aliphatic heterocycles. The molecule has 11 heteroatoms. The van der Waals surface area contributed by atoms with Crippen molar-refractivity contribution in [3.8, 4) is 5.75 Å². The van der Waals surface area contributed by atoms with Crippen molar-refractivity contribution in [3.05, 3.63) is 53.6 Å². The second-order valence-corrected chi connectivity index (χ2v) is 9.32. The number of amides is 1. The number of hydrogen-bond acceptors (Lipinski definition) is 5. The van der Waals surface area contributed by atoms with Gasteiger partial charge in [-0.15, -0.1) is 0 Å². The zero-order valence-electron chi connectivity index (χ0n) is 16.4. The highest BCUT2D eigenvalue weighted by atomic mass is 35.5. The van der Waals surface area contributed by atoms with Gasteiger partial charge in [-0.3, -0.25) is 4.79 Å². The summed E-state index contributed by atoms with van der Waals surface area (Å²) in [6.07, 6.45) is 3.14. The Bertz CT molecular complexity index is 1210. The number of fused-ring (bicyclic) bond motifs is 1. The molecule has 0 saturated carbocycles. The average molecular weight is 467 g/mol. The number of H-pyrrole nitrogens is 1. The van der Waals surface area contributed by atoms with Crippen molar-refractivity contribution in [2.24, 2.45) is 0 Å². The number of sulfonamides is 1. The van der Waals surface area contributed by atoms with E-state index in [1.54, 1.807) is 23.2 Å². The maximum Gasteiger partial charge on any atom is 0.245 e. The Morgan fingerprint density at radius 2 is 2.00 bits per heavy atom. The van der Waals surface area contributed by atoms with Crippen LogP contribution in [0.3, 0.4) is 0 Å². The fourth-order valence-electron chi connectivity index (χ4n) is 3.46. The third kappa shape index (κ3) is 4.51. The molecule has 31 heavy (non-hydrogen) atoms. The molecule has 1 N–H and O–H groups in total. The Labute approximate surface area is 183 Å². The molecule has 0 spiro atoms. The number of benzene rings is 1. The standard InChI is InChI=1S/C20H20ClFN4O4S/c21-16-12-14(22)3-4-17(16)30-11-5-19(27)25-7-9-26(10-8-25)31(28,29)18-13-24-20-15(18)2-1-6-23-20/h1-4,6,12-13H,5,7-11H2,(H,23,24). The highest BCUT2D eigenvalue weighted by Crippen LogP contribution is 2.26. The third-order valence-electron chi connectivity index (χ3n) is 5.09. The topological polar surface area (TPSA) is 95.6 Å². The second kappa shape index (κ2) is 8.81. The van der Waals surface area contributed by atoms with E-state index in [1.165, 1.54) is 22.6 Å². The van der Waals surface area contributed by atoms with Gasteiger partial charge in [-0.1, -0.05) is 11.6 Å². The second-order valence-electron chi connectivity index (χ2n) is 7.01. The van der Waals surface area contributed by atoms with Gasteiger partial charge in [0.25, 0.3) is 0 Å². The molecule has 1 aromatic carbocycles. The van der Waals surface area contributed by atoms with Crippen LogP contribution >= 0.6 is 11.6 Å². The number of aromatic amines is 1. The molecule has 0 atom stereocenters. The van der Waals surface area contributed by atoms with E-state index in [2.05, 4.69) is 9.97 Å². The van der Waals surface area contributed by atoms with Crippen LogP contribution in [0.2, 0.25) is 5.02 Å². The number of carbonyl (C=O) groups excluding carboxylic acids is 1. The van der Waals surface area contributed by atoms with E-state index in [4.69, 9.17) is 16.3 Å². The Hall–Kier alpha value is -2.69. The summed E-state index contributed by atoms with van der Waals surface area (Å²) < 4.78 is 46.0. The van der Waals surface area contributed by atoms with Crippen molar-refractivity contribution in [3.63, 3.8) is 0 Å². The highest BCUT2D eigenvalue weighted by Gasteiger charge is 2.31. The van der Waals surface area contributed by atoms with E-state index in [0.29, 0.717) is 16.8 Å². The molecular weight excluding hydrogens is 447 g/mol. The molecule has 1 saturated heterocycles. The SMILES string of the molecule is O=C(CCOc1ccc(F)cc1Cl)N1CCN(S(=O)(=O)c2c[nH]c3ncccc23)CC1. The predicted octanol–water partition coefficient (Wildman–Crippen LogP) is 2.66. The maximum absolute atomic E-state index is 13.1. The van der Waals surface area contributed by atoms with Crippen molar-refractivity contribution in [1.29, 1.82) is 0 Å². The zero-order chi connectivity index (χ0) is 22.0. The summed E-state index contributed by atoms with van der Waals surface area (Å²) in [5.74, 6) is -0.309. The third-order valence-corrected chi connectivity index (χ3v) is 7.32. The minimum atomic E-state index is -3.70. The van der Waals surface area contributed by atoms with Gasteiger partial charge in [-0.25, -0.2) is 17.8 Å². The molecule has 1 fully saturated rings. The molecule has 1 aliphatic rings. The van der Waals surface area contributed by atoms with Crippen molar-refractivity contribution in [2.45, 2.75) is 11.3 Å². The van der Waals surface area contributed by atoms with E-state index in [9.17, 15) is 17.6 Å². The molecule has 1 amide bonds. The van der Waals surface area contributed by atoms with Gasteiger partial charge < -0.3 is 14.6 Å². The average Bonchev–Trinajstić information content (AvgIpc) is 3.20. The van der Waals surface area contributed by atoms with Crippen molar-refractivity contribution < 1.29 is 22.3 Å². The van der Waals surface area contributed by atoms with Crippen LogP contribution in [0.5, 0.6) is 5.75 Å². The summed E-state index contributed by atoms with van der Waals surface area (Å²) in [6.45, 7) is 1.06. The number of piperazine rings is 1. The van der Waals surface area contributed by atoms with E-state index in [-0.39, 0.29) is 55.0 Å². The molecule has 3 heterocycles. The first-order valence-electron chi connectivity index (χ1n) is 9.64. The molecule has 0 bridgehead atoms. The monoisotopic (exact) mass is 466 g/mol. The van der Waals surface area contributed by atoms with Crippen molar-refractivity contribution in [1.82, 2.24) is 19.2 Å². The summed E-state index contributed by atoms with van der Waals surface area (Å²) in [7, 11) is -3.70. The van der Waals surface area contributed by atoms with Crippen LogP contribution in [0.1, 0.15) is 6.42 Å². The van der Waals surface area contributed by atoms with E-state index in [0.717, 1.165) is 6.07 Å². The Morgan fingerprint density at radius 3 is 2.74 bits per heavy atom. The molecule has 8 nitrogen and oxygen atoms in total. The summed E-state index contributed by atoms with van der Waals surface area (Å²) in [5.41, 5.74) is 0.510. The highest BCUT2D eigenvalue weighted by molar-refractivity contribution is 7.89. The fraction of sp³-hybridized carbons (Fsp3) is 0.300. The van der Waals surface area contributed by atoms with Crippen LogP contribution < -0.4 is 4.74 Å². The summed E-state index contributed by atoms with van der Waals surface area (Å²) >= 11 is 5.90. The normalized spacial score (nSPS) is 15.4. The van der Waals surface area contributed by atoms with E-state index >= 15 is 0 Å². The minimum Gasteiger partial charge on any atom is -0.491 e. The van der Waals surface area contributed by atoms with Gasteiger partial charge in [-0.2, -0.15) is 4.31 Å². The van der Waals surface area contributed by atoms with Gasteiger partial charge >= 0.3 is 0 Å². The van der Waals surface area contributed by atoms with Crippen molar-refractivity contribution in [2.75, 3.05) is 32.8 Å². The smallest absolute Gasteiger partial charge is 0.245 e. The maximum atomic E-state index is 13.1. The molecule has 0 unspecified atom stereocenters. The lowest BCUT2D eigenvalue weighted by Gasteiger charge is -2.34. The molecule has 3 aromatic rings. The number of rotatable bonds is 6. The zero-order valence-corrected chi connectivity index (χ0v) is 18.0. The fourth-order valence-corrected chi connectivity index (χ4v) is 5.25. The predicted molar refractivity (Wildman–Crippen MR) is 113 cm³/mol. The summed E-state index contributed by atoms with van der Waals surface area (Å²) in [4.78, 5) is 21.3. The first-order valence-corrected chi connectivity index (χ1v) is 11.5. The van der Waals surface area contributed by atoms with Crippen LogP contribution in [-0.4, -0.2) is 66.3 Å². The van der Waals surface area contributed by atoms with Crippen molar-refractivity contribution >= 4 is 38.6 Å². The molecule has 0 radical (unpaired) electrons. The van der Waals surface area contributed by atoms with E-state index < -0.39 is 15.8 Å². The number of nitrogens with zero attached hydrogens (tertiary/aromatic N) is 3. The number of pyridine rings is 1. The Kier molecular flexibility index (Phi) is 6.12. The summed E-state index contributed by atoms with van der Waals surface area (Å²) in [6, 6.07) is 7.17. The first-order chi connectivity index (χ1) is 14.9. The van der Waals surface area contributed by atoms with Gasteiger partial charge in [0, 0.05) is 44.0 Å². The summed E-state index contributed by atoms with van der Waals surface area (Å²) in [5, 5.41) is 0.677. The molecule has 4 rings (SSSR count). The van der Waals surface area contributed by atoms with Crippen LogP contribution in [0, 0.1) is 5.82 Å². The quantitative estimate of drug-likeness (QED) is 0.602. The molecule has 2 aromatic heterocycles. The lowest BCUT2D eigenvalue weighted by atomic mass is 10.3. The Balaban J connectivity index is 1.32. The number of halogens is 2. The number of hydrogen-bond donors (Lipinski definition) is 1. The van der Waals surface area contributed by atoms with Crippen LogP contribution in [0.15, 0.2) is 47.6 Å². The Morgan fingerprint density at radius 1 is 1.23 bits per heavy atom. The van der Waals surface area contributed by atoms with Gasteiger partial charge in [-0.05, 0) is 30.3 Å². The number of nitrogens with one attached hydrogen (secondary N) is 1. The number of ether oxygens (including phenoxy) is 1. The largest absolute Gasteiger partial charge is 0.491 e. The lowest BCUT2D eigenvalue weighted by molar-refractivity contribution is -0.132. The van der Waals surface area contributed by atoms with Gasteiger partial charge in [0.05, 0.1) is 18.1 Å². The molecule has 164 valence electrons. The number of carbonyl (C=O) groups is 1. The lowest BCUT2D eigenvalue weighted by Crippen LogP contribution is -2.50. The molecule has 0 aliphatic carbocycles. The van der Waals surface area contributed by atoms with Gasteiger partial charge in [0.1, 0.15) is 22.1 Å². The van der Waals surface area contributed by atoms with Crippen LogP contribution in [0.25, 0.3) is 11.0 Å². The minimum absolute atomic E-state index is 0.0883. The van der Waals surface area contributed by atoms with Crippen LogP contribution in [0.4, 0.5) is 4.39 Å². The first kappa shape index (κ1) is 21.5. The van der Waals surface area contributed by atoms with Crippen LogP contribution in [-0.2, 0) is 14.8 Å².